The van der Waals surface area contributed by atoms with Crippen molar-refractivity contribution in [3.8, 4) is 5.82 Å². The summed E-state index contributed by atoms with van der Waals surface area (Å²) in [4.78, 5) is 14.5. The number of carbonyl (C=O) groups excluding carboxylic acids is 1. The number of nitrogens with one attached hydrogen (secondary N) is 1. The van der Waals surface area contributed by atoms with Crippen molar-refractivity contribution < 1.29 is 13.9 Å². The summed E-state index contributed by atoms with van der Waals surface area (Å²) in [6.07, 6.45) is 0.766. The number of rotatable bonds is 6. The van der Waals surface area contributed by atoms with E-state index in [4.69, 9.17) is 16.3 Å². The van der Waals surface area contributed by atoms with Gasteiger partial charge in [0.05, 0.1) is 23.9 Å². The molecule has 3 aromatic rings. The van der Waals surface area contributed by atoms with Gasteiger partial charge in [-0.1, -0.05) is 11.6 Å². The average Bonchev–Trinajstić information content (AvgIpc) is 3.09. The van der Waals surface area contributed by atoms with E-state index in [1.54, 1.807) is 4.68 Å². The Morgan fingerprint density at radius 2 is 1.88 bits per heavy atom. The number of aromatic nitrogens is 4. The zero-order chi connectivity index (χ0) is 22.7. The maximum absolute atomic E-state index is 13.3. The van der Waals surface area contributed by atoms with Gasteiger partial charge in [0.1, 0.15) is 5.82 Å². The Bertz CT molecular complexity index is 1110. The van der Waals surface area contributed by atoms with Gasteiger partial charge in [-0.3, -0.25) is 4.79 Å². The first kappa shape index (κ1) is 22.2. The van der Waals surface area contributed by atoms with E-state index in [1.807, 2.05) is 26.0 Å². The maximum Gasteiger partial charge on any atom is 0.224 e. The van der Waals surface area contributed by atoms with Crippen LogP contribution >= 0.6 is 11.6 Å². The second-order valence-electron chi connectivity index (χ2n) is 7.59. The predicted molar refractivity (Wildman–Crippen MR) is 120 cm³/mol. The Morgan fingerprint density at radius 1 is 1.16 bits per heavy atom. The molecule has 168 valence electrons. The van der Waals surface area contributed by atoms with Crippen LogP contribution in [0.25, 0.3) is 5.82 Å². The number of benzene rings is 1. The Kier molecular flexibility index (Phi) is 6.66. The van der Waals surface area contributed by atoms with E-state index in [0.29, 0.717) is 31.1 Å². The second-order valence-corrected chi connectivity index (χ2v) is 7.99. The lowest BCUT2D eigenvalue weighted by molar-refractivity contribution is -0.116. The molecule has 1 saturated heterocycles. The van der Waals surface area contributed by atoms with Crippen LogP contribution in [0, 0.1) is 19.7 Å². The maximum atomic E-state index is 13.3. The number of amides is 1. The second kappa shape index (κ2) is 9.62. The van der Waals surface area contributed by atoms with Crippen LogP contribution in [0.15, 0.2) is 30.3 Å². The summed E-state index contributed by atoms with van der Waals surface area (Å²) in [5, 5.41) is 16.0. The minimum atomic E-state index is -0.524. The number of nitrogens with zero attached hydrogens (tertiary/aromatic N) is 5. The molecule has 1 N–H and O–H groups in total. The highest BCUT2D eigenvalue weighted by atomic mass is 35.5. The number of aryl methyl sites for hydroxylation is 1. The predicted octanol–water partition coefficient (Wildman–Crippen LogP) is 3.48. The molecule has 0 spiro atoms. The number of hydrogen-bond donors (Lipinski definition) is 1. The fourth-order valence-electron chi connectivity index (χ4n) is 3.69. The van der Waals surface area contributed by atoms with Gasteiger partial charge in [0.2, 0.25) is 5.91 Å². The molecule has 0 aliphatic carbocycles. The number of ether oxygens (including phenoxy) is 1. The molecular weight excluding hydrogens is 435 g/mol. The molecule has 0 atom stereocenters. The van der Waals surface area contributed by atoms with Gasteiger partial charge in [-0.2, -0.15) is 5.10 Å². The number of morpholine rings is 1. The molecule has 1 fully saturated rings. The van der Waals surface area contributed by atoms with Gasteiger partial charge in [-0.15, -0.1) is 10.2 Å². The van der Waals surface area contributed by atoms with Crippen LogP contribution in [0.3, 0.4) is 0 Å². The van der Waals surface area contributed by atoms with Crippen LogP contribution in [0.4, 0.5) is 15.9 Å². The largest absolute Gasteiger partial charge is 0.378 e. The number of halogens is 2. The molecule has 0 radical (unpaired) electrons. The summed E-state index contributed by atoms with van der Waals surface area (Å²) in [6, 6.07) is 7.92. The molecule has 2 aromatic heterocycles. The Balaban J connectivity index is 1.42. The lowest BCUT2D eigenvalue weighted by atomic mass is 10.1. The molecule has 1 amide bonds. The van der Waals surface area contributed by atoms with Crippen molar-refractivity contribution in [3.63, 3.8) is 0 Å². The monoisotopic (exact) mass is 458 g/mol. The molecule has 0 bridgehead atoms. The van der Waals surface area contributed by atoms with Crippen LogP contribution in [0.2, 0.25) is 5.02 Å². The highest BCUT2D eigenvalue weighted by molar-refractivity contribution is 6.31. The van der Waals surface area contributed by atoms with Crippen LogP contribution < -0.4 is 10.2 Å². The molecule has 1 aliphatic rings. The van der Waals surface area contributed by atoms with E-state index in [-0.39, 0.29) is 17.4 Å². The van der Waals surface area contributed by atoms with E-state index in [1.165, 1.54) is 18.2 Å². The van der Waals surface area contributed by atoms with E-state index in [0.717, 1.165) is 35.9 Å². The zero-order valence-electron chi connectivity index (χ0n) is 17.9. The first-order valence-electron chi connectivity index (χ1n) is 10.4. The van der Waals surface area contributed by atoms with Gasteiger partial charge in [-0.25, -0.2) is 9.07 Å². The molecule has 4 rings (SSSR count). The van der Waals surface area contributed by atoms with Crippen molar-refractivity contribution in [2.45, 2.75) is 26.7 Å². The van der Waals surface area contributed by atoms with Gasteiger partial charge in [0.25, 0.3) is 0 Å². The highest BCUT2D eigenvalue weighted by Gasteiger charge is 2.17. The van der Waals surface area contributed by atoms with Gasteiger partial charge in [-0.05, 0) is 56.2 Å². The third-order valence-electron chi connectivity index (χ3n) is 5.44. The summed E-state index contributed by atoms with van der Waals surface area (Å²) in [7, 11) is 0. The van der Waals surface area contributed by atoms with E-state index in [9.17, 15) is 9.18 Å². The first-order valence-corrected chi connectivity index (χ1v) is 10.8. The van der Waals surface area contributed by atoms with E-state index < -0.39 is 5.82 Å². The fraction of sp³-hybridized carbons (Fsp3) is 0.364. The summed E-state index contributed by atoms with van der Waals surface area (Å²) in [6.45, 7) is 6.82. The number of anilines is 2. The van der Waals surface area contributed by atoms with E-state index >= 15 is 0 Å². The third-order valence-corrected chi connectivity index (χ3v) is 5.72. The molecule has 1 aliphatic heterocycles. The van der Waals surface area contributed by atoms with Gasteiger partial charge >= 0.3 is 0 Å². The summed E-state index contributed by atoms with van der Waals surface area (Å²) >= 11 is 5.77. The van der Waals surface area contributed by atoms with Crippen molar-refractivity contribution in [2.24, 2.45) is 0 Å². The molecule has 3 heterocycles. The molecule has 0 saturated carbocycles. The van der Waals surface area contributed by atoms with Crippen LogP contribution in [-0.4, -0.2) is 52.2 Å². The van der Waals surface area contributed by atoms with E-state index in [2.05, 4.69) is 25.5 Å². The van der Waals surface area contributed by atoms with Gasteiger partial charge in [0, 0.05) is 30.9 Å². The van der Waals surface area contributed by atoms with Gasteiger partial charge < -0.3 is 15.0 Å². The minimum absolute atomic E-state index is 0.0310. The number of hydrogen-bond acceptors (Lipinski definition) is 6. The van der Waals surface area contributed by atoms with Crippen LogP contribution in [-0.2, 0) is 16.0 Å². The minimum Gasteiger partial charge on any atom is -0.378 e. The van der Waals surface area contributed by atoms with Crippen molar-refractivity contribution in [2.75, 3.05) is 36.5 Å². The van der Waals surface area contributed by atoms with Crippen molar-refractivity contribution in [1.29, 1.82) is 0 Å². The quantitative estimate of drug-likeness (QED) is 0.608. The SMILES string of the molecule is Cc1nn(-c2ccc(N3CCOCC3)nn2)c(C)c1CCC(=O)Nc1ccc(F)c(Cl)c1. The fourth-order valence-corrected chi connectivity index (χ4v) is 3.87. The summed E-state index contributed by atoms with van der Waals surface area (Å²) in [5.41, 5.74) is 3.19. The Morgan fingerprint density at radius 3 is 2.56 bits per heavy atom. The molecule has 1 aromatic carbocycles. The van der Waals surface area contributed by atoms with Gasteiger partial charge in [0.15, 0.2) is 11.6 Å². The van der Waals surface area contributed by atoms with Crippen LogP contribution in [0.5, 0.6) is 0 Å². The lowest BCUT2D eigenvalue weighted by Gasteiger charge is -2.27. The topological polar surface area (TPSA) is 85.2 Å². The van der Waals surface area contributed by atoms with Crippen molar-refractivity contribution in [1.82, 2.24) is 20.0 Å². The Hall–Kier alpha value is -3.04. The van der Waals surface area contributed by atoms with Crippen molar-refractivity contribution in [3.05, 3.63) is 58.1 Å². The number of carbonyl (C=O) groups is 1. The van der Waals surface area contributed by atoms with Crippen LogP contribution in [0.1, 0.15) is 23.4 Å². The summed E-state index contributed by atoms with van der Waals surface area (Å²) in [5.74, 6) is 0.730. The molecular formula is C22H24ClFN6O2. The molecule has 8 nitrogen and oxygen atoms in total. The normalized spacial score (nSPS) is 13.9. The lowest BCUT2D eigenvalue weighted by Crippen LogP contribution is -2.36. The molecule has 10 heteroatoms. The van der Waals surface area contributed by atoms with Crippen molar-refractivity contribution >= 4 is 29.0 Å². The Labute approximate surface area is 190 Å². The standard InChI is InChI=1S/C22H24ClFN6O2/c1-14-17(4-8-22(31)25-16-3-5-19(24)18(23)13-16)15(2)30(28-14)21-7-6-20(26-27-21)29-9-11-32-12-10-29/h3,5-7,13H,4,8-12H2,1-2H3,(H,25,31). The first-order chi connectivity index (χ1) is 15.4. The molecule has 32 heavy (non-hydrogen) atoms. The summed E-state index contributed by atoms with van der Waals surface area (Å²) < 4.78 is 20.4. The highest BCUT2D eigenvalue weighted by Crippen LogP contribution is 2.22. The zero-order valence-corrected chi connectivity index (χ0v) is 18.7. The molecule has 0 unspecified atom stereocenters. The smallest absolute Gasteiger partial charge is 0.224 e. The average molecular weight is 459 g/mol. The third kappa shape index (κ3) is 4.89.